The SMILES string of the molecule is C.O=C=Nc1ccccc1N=C=O. The van der Waals surface area contributed by atoms with Crippen LogP contribution in [0.1, 0.15) is 7.43 Å². The zero-order valence-electron chi connectivity index (χ0n) is 6.02. The molecule has 0 N–H and O–H groups in total. The molecule has 0 aromatic heterocycles. The fourth-order valence-corrected chi connectivity index (χ4v) is 0.752. The zero-order valence-corrected chi connectivity index (χ0v) is 6.02. The van der Waals surface area contributed by atoms with Crippen LogP contribution in [0.25, 0.3) is 0 Å². The number of rotatable bonds is 2. The summed E-state index contributed by atoms with van der Waals surface area (Å²) >= 11 is 0. The van der Waals surface area contributed by atoms with Crippen LogP contribution in [0.3, 0.4) is 0 Å². The van der Waals surface area contributed by atoms with Gasteiger partial charge in [0.1, 0.15) is 11.4 Å². The maximum atomic E-state index is 9.90. The van der Waals surface area contributed by atoms with Gasteiger partial charge in [0.05, 0.1) is 0 Å². The first-order valence-electron chi connectivity index (χ1n) is 3.13. The molecule has 0 atom stereocenters. The lowest BCUT2D eigenvalue weighted by atomic mass is 10.3. The molecule has 0 unspecified atom stereocenters. The van der Waals surface area contributed by atoms with Crippen LogP contribution in [-0.2, 0) is 9.59 Å². The van der Waals surface area contributed by atoms with Crippen LogP contribution in [0.15, 0.2) is 34.3 Å². The molecule has 0 amide bonds. The Bertz CT molecular complexity index is 338. The Morgan fingerprint density at radius 3 is 1.62 bits per heavy atom. The van der Waals surface area contributed by atoms with Gasteiger partial charge >= 0.3 is 0 Å². The van der Waals surface area contributed by atoms with Crippen LogP contribution in [0.2, 0.25) is 0 Å². The van der Waals surface area contributed by atoms with Gasteiger partial charge in [0.25, 0.3) is 0 Å². The second-order valence-electron chi connectivity index (χ2n) is 1.89. The first kappa shape index (κ1) is 11.0. The monoisotopic (exact) mass is 176 g/mol. The van der Waals surface area contributed by atoms with Crippen molar-refractivity contribution in [1.82, 2.24) is 0 Å². The fourth-order valence-electron chi connectivity index (χ4n) is 0.752. The Hall–Kier alpha value is -2.02. The summed E-state index contributed by atoms with van der Waals surface area (Å²) in [6, 6.07) is 6.47. The van der Waals surface area contributed by atoms with Gasteiger partial charge in [0.2, 0.25) is 12.2 Å². The van der Waals surface area contributed by atoms with Crippen molar-refractivity contribution < 1.29 is 9.59 Å². The lowest BCUT2D eigenvalue weighted by Gasteiger charge is -1.92. The van der Waals surface area contributed by atoms with Crippen molar-refractivity contribution in [2.45, 2.75) is 7.43 Å². The molecule has 0 aliphatic heterocycles. The third-order valence-corrected chi connectivity index (χ3v) is 1.21. The van der Waals surface area contributed by atoms with Crippen molar-refractivity contribution >= 4 is 23.5 Å². The summed E-state index contributed by atoms with van der Waals surface area (Å²) in [6.45, 7) is 0. The zero-order chi connectivity index (χ0) is 8.81. The van der Waals surface area contributed by atoms with E-state index in [9.17, 15) is 9.59 Å². The minimum Gasteiger partial charge on any atom is -0.211 e. The van der Waals surface area contributed by atoms with Crippen LogP contribution in [0.5, 0.6) is 0 Å². The largest absolute Gasteiger partial charge is 0.240 e. The molecule has 0 saturated heterocycles. The molecule has 66 valence electrons. The molecule has 1 aromatic rings. The average Bonchev–Trinajstić information content (AvgIpc) is 2.09. The van der Waals surface area contributed by atoms with Crippen LogP contribution in [0, 0.1) is 0 Å². The first-order valence-corrected chi connectivity index (χ1v) is 3.13. The van der Waals surface area contributed by atoms with Gasteiger partial charge in [-0.15, -0.1) is 0 Å². The smallest absolute Gasteiger partial charge is 0.211 e. The molecule has 1 rings (SSSR count). The highest BCUT2D eigenvalue weighted by molar-refractivity contribution is 5.67. The Morgan fingerprint density at radius 2 is 1.31 bits per heavy atom. The average molecular weight is 176 g/mol. The van der Waals surface area contributed by atoms with E-state index in [1.807, 2.05) is 0 Å². The maximum Gasteiger partial charge on any atom is 0.240 e. The van der Waals surface area contributed by atoms with Crippen molar-refractivity contribution in [3.63, 3.8) is 0 Å². The summed E-state index contributed by atoms with van der Waals surface area (Å²) in [6.07, 6.45) is 2.74. The highest BCUT2D eigenvalue weighted by Gasteiger charge is 1.96. The molecule has 0 fully saturated rings. The fraction of sp³-hybridized carbons (Fsp3) is 0.111. The summed E-state index contributed by atoms with van der Waals surface area (Å²) in [5.41, 5.74) is 0.631. The number of isocyanates is 2. The molecule has 4 nitrogen and oxygen atoms in total. The lowest BCUT2D eigenvalue weighted by Crippen LogP contribution is -1.66. The van der Waals surface area contributed by atoms with Crippen molar-refractivity contribution in [2.75, 3.05) is 0 Å². The Morgan fingerprint density at radius 1 is 0.923 bits per heavy atom. The number of nitrogens with zero attached hydrogens (tertiary/aromatic N) is 2. The number of hydrogen-bond acceptors (Lipinski definition) is 4. The molecule has 0 radical (unpaired) electrons. The summed E-state index contributed by atoms with van der Waals surface area (Å²) in [5.74, 6) is 0. The van der Waals surface area contributed by atoms with Crippen molar-refractivity contribution in [2.24, 2.45) is 9.98 Å². The Labute approximate surface area is 75.6 Å². The molecule has 0 spiro atoms. The van der Waals surface area contributed by atoms with Crippen LogP contribution in [-0.4, -0.2) is 12.2 Å². The standard InChI is InChI=1S/C8H4N2O2.CH4/c11-5-9-7-3-1-2-4-8(7)10-6-12;/h1-4H;1H4. The van der Waals surface area contributed by atoms with E-state index in [2.05, 4.69) is 9.98 Å². The van der Waals surface area contributed by atoms with Gasteiger partial charge in [-0.3, -0.25) is 0 Å². The quantitative estimate of drug-likeness (QED) is 0.512. The van der Waals surface area contributed by atoms with Crippen LogP contribution >= 0.6 is 0 Å². The molecule has 4 heteroatoms. The van der Waals surface area contributed by atoms with Crippen LogP contribution < -0.4 is 0 Å². The summed E-state index contributed by atoms with van der Waals surface area (Å²) in [4.78, 5) is 26.5. The summed E-state index contributed by atoms with van der Waals surface area (Å²) in [7, 11) is 0. The lowest BCUT2D eigenvalue weighted by molar-refractivity contribution is 0.564. The minimum atomic E-state index is 0. The highest BCUT2D eigenvalue weighted by Crippen LogP contribution is 2.25. The van der Waals surface area contributed by atoms with Gasteiger partial charge in [-0.1, -0.05) is 19.6 Å². The van der Waals surface area contributed by atoms with Gasteiger partial charge in [0, 0.05) is 0 Å². The summed E-state index contributed by atoms with van der Waals surface area (Å²) < 4.78 is 0. The number of aliphatic imine (C=N–C) groups is 2. The van der Waals surface area contributed by atoms with Crippen molar-refractivity contribution in [3.05, 3.63) is 24.3 Å². The van der Waals surface area contributed by atoms with E-state index in [4.69, 9.17) is 0 Å². The highest BCUT2D eigenvalue weighted by atomic mass is 16.1. The van der Waals surface area contributed by atoms with E-state index >= 15 is 0 Å². The Kier molecular flexibility index (Phi) is 4.74. The normalized spacial score (nSPS) is 7.38. The van der Waals surface area contributed by atoms with E-state index < -0.39 is 0 Å². The molecule has 0 aliphatic rings. The van der Waals surface area contributed by atoms with Gasteiger partial charge in [-0.05, 0) is 12.1 Å². The van der Waals surface area contributed by atoms with E-state index in [-0.39, 0.29) is 7.43 Å². The first-order chi connectivity index (χ1) is 5.88. The van der Waals surface area contributed by atoms with E-state index in [0.717, 1.165) is 0 Å². The van der Waals surface area contributed by atoms with Gasteiger partial charge in [-0.2, -0.15) is 9.98 Å². The van der Waals surface area contributed by atoms with Gasteiger partial charge in [-0.25, -0.2) is 9.59 Å². The maximum absolute atomic E-state index is 9.90. The summed E-state index contributed by atoms with van der Waals surface area (Å²) in [5, 5.41) is 0. The predicted molar refractivity (Wildman–Crippen MR) is 48.7 cm³/mol. The topological polar surface area (TPSA) is 58.9 Å². The molecule has 0 saturated carbocycles. The second kappa shape index (κ2) is 5.61. The van der Waals surface area contributed by atoms with Crippen molar-refractivity contribution in [3.8, 4) is 0 Å². The third kappa shape index (κ3) is 2.83. The molecule has 0 bridgehead atoms. The van der Waals surface area contributed by atoms with Crippen molar-refractivity contribution in [1.29, 1.82) is 0 Å². The molecule has 0 heterocycles. The number of para-hydroxylation sites is 2. The second-order valence-corrected chi connectivity index (χ2v) is 1.89. The number of carbonyl (C=O) groups excluding carboxylic acids is 2. The molecule has 1 aromatic carbocycles. The predicted octanol–water partition coefficient (Wildman–Crippen LogP) is 2.26. The molecular formula is C9H8N2O2. The third-order valence-electron chi connectivity index (χ3n) is 1.21. The number of hydrogen-bond donors (Lipinski definition) is 0. The molecule has 13 heavy (non-hydrogen) atoms. The van der Waals surface area contributed by atoms with E-state index in [1.54, 1.807) is 24.3 Å². The minimum absolute atomic E-state index is 0. The molecule has 0 aliphatic carbocycles. The number of benzene rings is 1. The van der Waals surface area contributed by atoms with Gasteiger partial charge in [0.15, 0.2) is 0 Å². The Balaban J connectivity index is 0.00000144. The van der Waals surface area contributed by atoms with Crippen LogP contribution in [0.4, 0.5) is 11.4 Å². The van der Waals surface area contributed by atoms with Gasteiger partial charge < -0.3 is 0 Å². The molecular weight excluding hydrogens is 168 g/mol. The van der Waals surface area contributed by atoms with E-state index in [1.165, 1.54) is 12.2 Å². The van der Waals surface area contributed by atoms with E-state index in [0.29, 0.717) is 11.4 Å².